The van der Waals surface area contributed by atoms with Crippen molar-refractivity contribution in [2.24, 2.45) is 0 Å². The van der Waals surface area contributed by atoms with Crippen molar-refractivity contribution < 1.29 is 9.66 Å². The second-order valence-corrected chi connectivity index (χ2v) is 4.89. The SMILES string of the molecule is Cc1nc(Cl)nc(OCCN(C)C2CC2)c1[N+](=O)[O-]. The van der Waals surface area contributed by atoms with E-state index in [1.54, 1.807) is 0 Å². The summed E-state index contributed by atoms with van der Waals surface area (Å²) in [5, 5.41) is 10.9. The molecule has 104 valence electrons. The average Bonchev–Trinajstić information content (AvgIpc) is 3.10. The van der Waals surface area contributed by atoms with Gasteiger partial charge in [0, 0.05) is 12.6 Å². The predicted octanol–water partition coefficient (Wildman–Crippen LogP) is 1.82. The van der Waals surface area contributed by atoms with E-state index < -0.39 is 4.92 Å². The Labute approximate surface area is 115 Å². The summed E-state index contributed by atoms with van der Waals surface area (Å²) in [7, 11) is 2.01. The molecule has 1 aliphatic rings. The van der Waals surface area contributed by atoms with Crippen molar-refractivity contribution in [2.45, 2.75) is 25.8 Å². The third-order valence-electron chi connectivity index (χ3n) is 3.03. The topological polar surface area (TPSA) is 81.4 Å². The van der Waals surface area contributed by atoms with E-state index in [4.69, 9.17) is 16.3 Å². The largest absolute Gasteiger partial charge is 0.471 e. The Bertz CT molecular complexity index is 493. The molecule has 0 bridgehead atoms. The van der Waals surface area contributed by atoms with Gasteiger partial charge in [0.1, 0.15) is 12.3 Å². The van der Waals surface area contributed by atoms with Crippen LogP contribution in [0.3, 0.4) is 0 Å². The maximum atomic E-state index is 11.0. The number of nitro groups is 1. The molecular weight excluding hydrogens is 272 g/mol. The standard InChI is InChI=1S/C11H15ClN4O3/c1-7-9(16(17)18)10(14-11(12)13-7)19-6-5-15(2)8-3-4-8/h8H,3-6H2,1-2H3. The molecule has 1 aromatic rings. The van der Waals surface area contributed by atoms with Gasteiger partial charge >= 0.3 is 5.69 Å². The van der Waals surface area contributed by atoms with Gasteiger partial charge in [-0.3, -0.25) is 10.1 Å². The van der Waals surface area contributed by atoms with Crippen LogP contribution in [0.1, 0.15) is 18.5 Å². The van der Waals surface area contributed by atoms with Crippen LogP contribution in [-0.4, -0.2) is 46.0 Å². The van der Waals surface area contributed by atoms with Gasteiger partial charge in [-0.1, -0.05) is 0 Å². The Kier molecular flexibility index (Phi) is 4.16. The Morgan fingerprint density at radius 1 is 1.53 bits per heavy atom. The Morgan fingerprint density at radius 2 is 2.21 bits per heavy atom. The molecular formula is C11H15ClN4O3. The number of aromatic nitrogens is 2. The van der Waals surface area contributed by atoms with E-state index in [-0.39, 0.29) is 22.5 Å². The summed E-state index contributed by atoms with van der Waals surface area (Å²) in [6, 6.07) is 0.620. The normalized spacial score (nSPS) is 14.7. The molecule has 0 aliphatic heterocycles. The van der Waals surface area contributed by atoms with E-state index in [0.717, 1.165) is 0 Å². The van der Waals surface area contributed by atoms with Crippen molar-refractivity contribution in [3.05, 3.63) is 21.1 Å². The van der Waals surface area contributed by atoms with Crippen molar-refractivity contribution in [2.75, 3.05) is 20.2 Å². The van der Waals surface area contributed by atoms with Crippen LogP contribution in [0.15, 0.2) is 0 Å². The second kappa shape index (κ2) is 5.66. The number of aryl methyl sites for hydroxylation is 1. The first-order valence-electron chi connectivity index (χ1n) is 6.00. The van der Waals surface area contributed by atoms with Gasteiger partial charge in [0.25, 0.3) is 5.88 Å². The van der Waals surface area contributed by atoms with E-state index in [1.165, 1.54) is 19.8 Å². The summed E-state index contributed by atoms with van der Waals surface area (Å²) in [6.45, 7) is 2.54. The van der Waals surface area contributed by atoms with Crippen molar-refractivity contribution >= 4 is 17.3 Å². The zero-order chi connectivity index (χ0) is 14.0. The van der Waals surface area contributed by atoms with Crippen LogP contribution in [0.5, 0.6) is 5.88 Å². The first kappa shape index (κ1) is 14.0. The van der Waals surface area contributed by atoms with Gasteiger partial charge in [-0.15, -0.1) is 0 Å². The Hall–Kier alpha value is -1.47. The first-order chi connectivity index (χ1) is 8.99. The van der Waals surface area contributed by atoms with Crippen LogP contribution in [0.2, 0.25) is 5.28 Å². The van der Waals surface area contributed by atoms with Crippen LogP contribution in [-0.2, 0) is 0 Å². The maximum absolute atomic E-state index is 11.0. The van der Waals surface area contributed by atoms with Crippen LogP contribution >= 0.6 is 11.6 Å². The number of halogens is 1. The Balaban J connectivity index is 2.03. The molecule has 0 amide bonds. The fraction of sp³-hybridized carbons (Fsp3) is 0.636. The van der Waals surface area contributed by atoms with E-state index in [1.807, 2.05) is 7.05 Å². The molecule has 1 heterocycles. The number of hydrogen-bond acceptors (Lipinski definition) is 6. The summed E-state index contributed by atoms with van der Waals surface area (Å²) in [5.74, 6) is -0.0632. The van der Waals surface area contributed by atoms with Crippen molar-refractivity contribution in [1.29, 1.82) is 0 Å². The summed E-state index contributed by atoms with van der Waals surface area (Å²) in [4.78, 5) is 20.1. The van der Waals surface area contributed by atoms with Crippen molar-refractivity contribution in [3.8, 4) is 5.88 Å². The average molecular weight is 287 g/mol. The smallest absolute Gasteiger partial charge is 0.352 e. The fourth-order valence-corrected chi connectivity index (χ4v) is 2.01. The lowest BCUT2D eigenvalue weighted by Crippen LogP contribution is -2.26. The summed E-state index contributed by atoms with van der Waals surface area (Å²) >= 11 is 5.69. The number of ether oxygens (including phenoxy) is 1. The molecule has 0 unspecified atom stereocenters. The number of nitrogens with zero attached hydrogens (tertiary/aromatic N) is 4. The zero-order valence-corrected chi connectivity index (χ0v) is 11.6. The zero-order valence-electron chi connectivity index (χ0n) is 10.8. The van der Waals surface area contributed by atoms with Gasteiger partial charge in [0.2, 0.25) is 5.28 Å². The van der Waals surface area contributed by atoms with Gasteiger partial charge < -0.3 is 9.64 Å². The molecule has 1 fully saturated rings. The molecule has 0 radical (unpaired) electrons. The molecule has 1 aromatic heterocycles. The molecule has 1 saturated carbocycles. The predicted molar refractivity (Wildman–Crippen MR) is 69.6 cm³/mol. The first-order valence-corrected chi connectivity index (χ1v) is 6.38. The highest BCUT2D eigenvalue weighted by atomic mass is 35.5. The van der Waals surface area contributed by atoms with Gasteiger partial charge in [0.05, 0.1) is 4.92 Å². The molecule has 0 spiro atoms. The number of hydrogen-bond donors (Lipinski definition) is 0. The molecule has 8 heteroatoms. The highest BCUT2D eigenvalue weighted by Crippen LogP contribution is 2.29. The van der Waals surface area contributed by atoms with Crippen LogP contribution in [0.4, 0.5) is 5.69 Å². The maximum Gasteiger partial charge on any atom is 0.352 e. The van der Waals surface area contributed by atoms with Crippen LogP contribution in [0, 0.1) is 17.0 Å². The quantitative estimate of drug-likeness (QED) is 0.451. The lowest BCUT2D eigenvalue weighted by molar-refractivity contribution is -0.387. The van der Waals surface area contributed by atoms with E-state index in [2.05, 4.69) is 14.9 Å². The summed E-state index contributed by atoms with van der Waals surface area (Å²) in [5.41, 5.74) is -0.0194. The molecule has 0 saturated heterocycles. The lowest BCUT2D eigenvalue weighted by Gasteiger charge is -2.15. The molecule has 7 nitrogen and oxygen atoms in total. The van der Waals surface area contributed by atoms with E-state index in [0.29, 0.717) is 19.2 Å². The van der Waals surface area contributed by atoms with Crippen molar-refractivity contribution in [3.63, 3.8) is 0 Å². The van der Waals surface area contributed by atoms with Gasteiger partial charge in [-0.05, 0) is 38.4 Å². The highest BCUT2D eigenvalue weighted by molar-refractivity contribution is 6.28. The fourth-order valence-electron chi connectivity index (χ4n) is 1.80. The molecule has 0 atom stereocenters. The highest BCUT2D eigenvalue weighted by Gasteiger charge is 2.27. The minimum absolute atomic E-state index is 0.0475. The molecule has 19 heavy (non-hydrogen) atoms. The number of rotatable bonds is 6. The van der Waals surface area contributed by atoms with Gasteiger partial charge in [-0.2, -0.15) is 4.98 Å². The lowest BCUT2D eigenvalue weighted by atomic mass is 10.4. The summed E-state index contributed by atoms with van der Waals surface area (Å²) < 4.78 is 5.39. The van der Waals surface area contributed by atoms with Gasteiger partial charge in [0.15, 0.2) is 0 Å². The monoisotopic (exact) mass is 286 g/mol. The minimum atomic E-state index is -0.550. The number of likely N-dealkylation sites (N-methyl/N-ethyl adjacent to an activating group) is 1. The third kappa shape index (κ3) is 3.51. The third-order valence-corrected chi connectivity index (χ3v) is 3.20. The van der Waals surface area contributed by atoms with E-state index >= 15 is 0 Å². The van der Waals surface area contributed by atoms with Crippen molar-refractivity contribution in [1.82, 2.24) is 14.9 Å². The van der Waals surface area contributed by atoms with Crippen LogP contribution < -0.4 is 4.74 Å². The molecule has 0 aromatic carbocycles. The minimum Gasteiger partial charge on any atom is -0.471 e. The second-order valence-electron chi connectivity index (χ2n) is 4.55. The Morgan fingerprint density at radius 3 is 2.79 bits per heavy atom. The summed E-state index contributed by atoms with van der Waals surface area (Å²) in [6.07, 6.45) is 2.41. The molecule has 0 N–H and O–H groups in total. The molecule has 1 aliphatic carbocycles. The van der Waals surface area contributed by atoms with Crippen LogP contribution in [0.25, 0.3) is 0 Å². The van der Waals surface area contributed by atoms with Gasteiger partial charge in [-0.25, -0.2) is 4.98 Å². The molecule has 2 rings (SSSR count). The van der Waals surface area contributed by atoms with E-state index in [9.17, 15) is 10.1 Å².